The third-order valence-corrected chi connectivity index (χ3v) is 3.87. The van der Waals surface area contributed by atoms with Gasteiger partial charge in [-0.3, -0.25) is 0 Å². The molecule has 0 unspecified atom stereocenters. The Labute approximate surface area is 103 Å². The standard InChI is InChI=1S/C16H19N/c1-2-8-16(17-11-5-1)15-10-9-13-6-3-4-7-14(13)12-15/h3-4,6-7,9-10,12,16-17H,1-2,5,8,11H2/p+1/t16-/m1/s1. The van der Waals surface area contributed by atoms with E-state index < -0.39 is 0 Å². The zero-order valence-electron chi connectivity index (χ0n) is 10.2. The first-order chi connectivity index (χ1) is 8.43. The first-order valence-electron chi connectivity index (χ1n) is 6.75. The van der Waals surface area contributed by atoms with Crippen molar-refractivity contribution in [1.29, 1.82) is 0 Å². The fourth-order valence-corrected chi connectivity index (χ4v) is 2.86. The zero-order valence-corrected chi connectivity index (χ0v) is 10.2. The number of rotatable bonds is 1. The highest BCUT2D eigenvalue weighted by atomic mass is 14.9. The summed E-state index contributed by atoms with van der Waals surface area (Å²) < 4.78 is 0. The molecule has 0 aromatic heterocycles. The van der Waals surface area contributed by atoms with E-state index in [1.807, 2.05) is 0 Å². The van der Waals surface area contributed by atoms with E-state index in [0.717, 1.165) is 0 Å². The van der Waals surface area contributed by atoms with E-state index in [-0.39, 0.29) is 0 Å². The van der Waals surface area contributed by atoms with Crippen LogP contribution in [-0.2, 0) is 0 Å². The first kappa shape index (κ1) is 10.8. The maximum absolute atomic E-state index is 2.52. The van der Waals surface area contributed by atoms with Crippen molar-refractivity contribution in [2.45, 2.75) is 31.7 Å². The molecule has 88 valence electrons. The first-order valence-corrected chi connectivity index (χ1v) is 6.75. The number of benzene rings is 2. The summed E-state index contributed by atoms with van der Waals surface area (Å²) in [7, 11) is 0. The molecular formula is C16H20N+. The highest BCUT2D eigenvalue weighted by Gasteiger charge is 2.16. The molecule has 2 N–H and O–H groups in total. The van der Waals surface area contributed by atoms with Crippen molar-refractivity contribution in [3.05, 3.63) is 48.0 Å². The molecule has 17 heavy (non-hydrogen) atoms. The molecule has 3 rings (SSSR count). The smallest absolute Gasteiger partial charge is 0.112 e. The van der Waals surface area contributed by atoms with Crippen molar-refractivity contribution in [2.24, 2.45) is 0 Å². The Bertz CT molecular complexity index is 496. The lowest BCUT2D eigenvalue weighted by Gasteiger charge is -2.13. The second-order valence-corrected chi connectivity index (χ2v) is 5.09. The fourth-order valence-electron chi connectivity index (χ4n) is 2.86. The number of hydrogen-bond acceptors (Lipinski definition) is 0. The average Bonchev–Trinajstić information content (AvgIpc) is 2.67. The molecule has 1 heteroatoms. The summed E-state index contributed by atoms with van der Waals surface area (Å²) in [6, 6.07) is 16.3. The molecule has 1 saturated heterocycles. The highest BCUT2D eigenvalue weighted by molar-refractivity contribution is 5.83. The van der Waals surface area contributed by atoms with Crippen molar-refractivity contribution < 1.29 is 5.32 Å². The minimum atomic E-state index is 0.683. The normalized spacial score (nSPS) is 21.3. The monoisotopic (exact) mass is 226 g/mol. The third-order valence-electron chi connectivity index (χ3n) is 3.87. The van der Waals surface area contributed by atoms with Gasteiger partial charge in [-0.1, -0.05) is 36.4 Å². The SMILES string of the molecule is c1ccc2cc([C@H]3CCCCC[NH2+]3)ccc2c1. The van der Waals surface area contributed by atoms with E-state index in [4.69, 9.17) is 0 Å². The van der Waals surface area contributed by atoms with Gasteiger partial charge in [0.25, 0.3) is 0 Å². The summed E-state index contributed by atoms with van der Waals surface area (Å²) in [6.07, 6.45) is 5.50. The largest absolute Gasteiger partial charge is 0.340 e. The predicted octanol–water partition coefficient (Wildman–Crippen LogP) is 3.02. The van der Waals surface area contributed by atoms with Crippen LogP contribution >= 0.6 is 0 Å². The topological polar surface area (TPSA) is 16.6 Å². The molecule has 2 aromatic carbocycles. The molecular weight excluding hydrogens is 206 g/mol. The summed E-state index contributed by atoms with van der Waals surface area (Å²) in [5.41, 5.74) is 1.51. The van der Waals surface area contributed by atoms with Crippen LogP contribution in [-0.4, -0.2) is 6.54 Å². The molecule has 1 aliphatic rings. The molecule has 0 saturated carbocycles. The Morgan fingerprint density at radius 1 is 0.882 bits per heavy atom. The van der Waals surface area contributed by atoms with Crippen molar-refractivity contribution in [2.75, 3.05) is 6.54 Å². The molecule has 0 amide bonds. The average molecular weight is 226 g/mol. The van der Waals surface area contributed by atoms with Gasteiger partial charge in [-0.05, 0) is 36.1 Å². The van der Waals surface area contributed by atoms with E-state index in [0.29, 0.717) is 6.04 Å². The van der Waals surface area contributed by atoms with Gasteiger partial charge in [-0.25, -0.2) is 0 Å². The molecule has 0 radical (unpaired) electrons. The second-order valence-electron chi connectivity index (χ2n) is 5.09. The van der Waals surface area contributed by atoms with Gasteiger partial charge in [0.2, 0.25) is 0 Å². The van der Waals surface area contributed by atoms with E-state index in [1.165, 1.54) is 48.6 Å². The van der Waals surface area contributed by atoms with Gasteiger partial charge in [-0.2, -0.15) is 0 Å². The molecule has 0 aliphatic carbocycles. The van der Waals surface area contributed by atoms with Crippen molar-refractivity contribution in [1.82, 2.24) is 0 Å². The van der Waals surface area contributed by atoms with Crippen LogP contribution in [0.15, 0.2) is 42.5 Å². The molecule has 1 fully saturated rings. The molecule has 0 spiro atoms. The summed E-state index contributed by atoms with van der Waals surface area (Å²) >= 11 is 0. The minimum Gasteiger partial charge on any atom is -0.340 e. The summed E-state index contributed by atoms with van der Waals surface area (Å²) in [5, 5.41) is 5.25. The Hall–Kier alpha value is -1.34. The van der Waals surface area contributed by atoms with Crippen LogP contribution in [0.4, 0.5) is 0 Å². The summed E-state index contributed by atoms with van der Waals surface area (Å²) in [6.45, 7) is 1.29. The van der Waals surface area contributed by atoms with Crippen LogP contribution in [0.5, 0.6) is 0 Å². The van der Waals surface area contributed by atoms with Crippen LogP contribution in [0.1, 0.15) is 37.3 Å². The van der Waals surface area contributed by atoms with Gasteiger partial charge >= 0.3 is 0 Å². The molecule has 2 aromatic rings. The maximum atomic E-state index is 2.52. The summed E-state index contributed by atoms with van der Waals surface area (Å²) in [5.74, 6) is 0. The van der Waals surface area contributed by atoms with E-state index >= 15 is 0 Å². The Balaban J connectivity index is 1.93. The summed E-state index contributed by atoms with van der Waals surface area (Å²) in [4.78, 5) is 0. The molecule has 1 heterocycles. The van der Waals surface area contributed by atoms with Crippen LogP contribution in [0.2, 0.25) is 0 Å². The van der Waals surface area contributed by atoms with Crippen molar-refractivity contribution >= 4 is 10.8 Å². The van der Waals surface area contributed by atoms with Gasteiger partial charge in [0, 0.05) is 12.0 Å². The fraction of sp³-hybridized carbons (Fsp3) is 0.375. The number of hydrogen-bond donors (Lipinski definition) is 1. The number of nitrogens with two attached hydrogens (primary N) is 1. The van der Waals surface area contributed by atoms with Gasteiger partial charge in [0.05, 0.1) is 6.54 Å². The Kier molecular flexibility index (Phi) is 3.10. The Morgan fingerprint density at radius 2 is 1.76 bits per heavy atom. The van der Waals surface area contributed by atoms with Gasteiger partial charge in [0.1, 0.15) is 6.04 Å². The lowest BCUT2D eigenvalue weighted by atomic mass is 9.99. The van der Waals surface area contributed by atoms with Crippen LogP contribution in [0.25, 0.3) is 10.8 Å². The van der Waals surface area contributed by atoms with Crippen molar-refractivity contribution in [3.63, 3.8) is 0 Å². The van der Waals surface area contributed by atoms with Gasteiger partial charge < -0.3 is 5.32 Å². The van der Waals surface area contributed by atoms with Crippen LogP contribution in [0.3, 0.4) is 0 Å². The van der Waals surface area contributed by atoms with E-state index in [9.17, 15) is 0 Å². The predicted molar refractivity (Wildman–Crippen MR) is 71.9 cm³/mol. The van der Waals surface area contributed by atoms with Crippen LogP contribution < -0.4 is 5.32 Å². The van der Waals surface area contributed by atoms with E-state index in [2.05, 4.69) is 47.8 Å². The van der Waals surface area contributed by atoms with Gasteiger partial charge in [0.15, 0.2) is 0 Å². The third kappa shape index (κ3) is 2.34. The van der Waals surface area contributed by atoms with Crippen molar-refractivity contribution in [3.8, 4) is 0 Å². The molecule has 1 nitrogen and oxygen atoms in total. The molecule has 1 atom stereocenters. The molecule has 0 bridgehead atoms. The van der Waals surface area contributed by atoms with Gasteiger partial charge in [-0.15, -0.1) is 0 Å². The lowest BCUT2D eigenvalue weighted by Crippen LogP contribution is -2.84. The minimum absolute atomic E-state index is 0.683. The number of quaternary nitrogens is 1. The quantitative estimate of drug-likeness (QED) is 0.770. The Morgan fingerprint density at radius 3 is 2.71 bits per heavy atom. The molecule has 1 aliphatic heterocycles. The number of fused-ring (bicyclic) bond motifs is 1. The zero-order chi connectivity index (χ0) is 11.5. The maximum Gasteiger partial charge on any atom is 0.112 e. The lowest BCUT2D eigenvalue weighted by molar-refractivity contribution is -0.694. The highest BCUT2D eigenvalue weighted by Crippen LogP contribution is 2.22. The van der Waals surface area contributed by atoms with Crippen LogP contribution in [0, 0.1) is 0 Å². The second kappa shape index (κ2) is 4.89. The van der Waals surface area contributed by atoms with E-state index in [1.54, 1.807) is 0 Å².